The third-order valence-corrected chi connectivity index (χ3v) is 4.29. The first kappa shape index (κ1) is 13.8. The molecule has 4 nitrogen and oxygen atoms in total. The summed E-state index contributed by atoms with van der Waals surface area (Å²) in [6.45, 7) is 6.38. The van der Waals surface area contributed by atoms with Gasteiger partial charge < -0.3 is 10.4 Å². The van der Waals surface area contributed by atoms with E-state index in [2.05, 4.69) is 24.1 Å². The van der Waals surface area contributed by atoms with E-state index in [9.17, 15) is 9.90 Å². The molecule has 0 radical (unpaired) electrons. The number of aryl methyl sites for hydroxylation is 1. The van der Waals surface area contributed by atoms with E-state index in [4.69, 9.17) is 0 Å². The number of carboxylic acid groups (broad SMARTS) is 1. The van der Waals surface area contributed by atoms with Crippen molar-refractivity contribution in [2.75, 3.05) is 5.32 Å². The lowest BCUT2D eigenvalue weighted by atomic mass is 9.78. The van der Waals surface area contributed by atoms with Crippen LogP contribution >= 0.6 is 0 Å². The normalized spacial score (nSPS) is 27.0. The fraction of sp³-hybridized carbons (Fsp3) is 0.600. The lowest BCUT2D eigenvalue weighted by molar-refractivity contribution is 0.0697. The van der Waals surface area contributed by atoms with E-state index in [0.29, 0.717) is 23.7 Å². The number of nitrogens with one attached hydrogen (secondary N) is 1. The first-order valence-corrected chi connectivity index (χ1v) is 6.96. The molecule has 3 unspecified atom stereocenters. The predicted octanol–water partition coefficient (Wildman–Crippen LogP) is 3.32. The van der Waals surface area contributed by atoms with Gasteiger partial charge in [0.05, 0.1) is 0 Å². The number of nitrogens with zero attached hydrogens (tertiary/aromatic N) is 1. The maximum atomic E-state index is 11.2. The molecule has 4 heteroatoms. The molecule has 1 aromatic rings. The highest BCUT2D eigenvalue weighted by Crippen LogP contribution is 2.31. The Morgan fingerprint density at radius 1 is 1.37 bits per heavy atom. The summed E-state index contributed by atoms with van der Waals surface area (Å²) in [6, 6.07) is 3.68. The first-order chi connectivity index (χ1) is 8.99. The lowest BCUT2D eigenvalue weighted by Crippen LogP contribution is -2.35. The van der Waals surface area contributed by atoms with Crippen LogP contribution in [0.5, 0.6) is 0 Å². The zero-order valence-electron chi connectivity index (χ0n) is 11.8. The average Bonchev–Trinajstić information content (AvgIpc) is 2.35. The monoisotopic (exact) mass is 262 g/mol. The van der Waals surface area contributed by atoms with E-state index in [0.717, 1.165) is 12.1 Å². The van der Waals surface area contributed by atoms with Crippen LogP contribution in [0.25, 0.3) is 0 Å². The SMILES string of the molecule is Cc1ccc(C(=O)O)c(NC2CCCC(C)C2C)n1. The minimum absolute atomic E-state index is 0.260. The number of pyridine rings is 1. The highest BCUT2D eigenvalue weighted by molar-refractivity contribution is 5.93. The van der Waals surface area contributed by atoms with Gasteiger partial charge in [0.15, 0.2) is 0 Å². The van der Waals surface area contributed by atoms with Crippen LogP contribution < -0.4 is 5.32 Å². The average molecular weight is 262 g/mol. The molecule has 19 heavy (non-hydrogen) atoms. The minimum Gasteiger partial charge on any atom is -0.478 e. The van der Waals surface area contributed by atoms with Crippen molar-refractivity contribution in [1.82, 2.24) is 4.98 Å². The Balaban J connectivity index is 2.22. The molecule has 1 heterocycles. The van der Waals surface area contributed by atoms with Gasteiger partial charge in [-0.25, -0.2) is 9.78 Å². The zero-order valence-corrected chi connectivity index (χ0v) is 11.8. The Bertz CT molecular complexity index is 473. The molecule has 1 aliphatic rings. The van der Waals surface area contributed by atoms with Crippen LogP contribution in [0, 0.1) is 18.8 Å². The van der Waals surface area contributed by atoms with Crippen LogP contribution in [0.3, 0.4) is 0 Å². The van der Waals surface area contributed by atoms with Crippen molar-refractivity contribution in [3.05, 3.63) is 23.4 Å². The summed E-state index contributed by atoms with van der Waals surface area (Å²) in [6.07, 6.45) is 3.53. The molecule has 3 atom stereocenters. The Labute approximate surface area is 114 Å². The fourth-order valence-electron chi connectivity index (χ4n) is 2.80. The van der Waals surface area contributed by atoms with Gasteiger partial charge >= 0.3 is 5.97 Å². The molecule has 0 aliphatic heterocycles. The molecular formula is C15H22N2O2. The van der Waals surface area contributed by atoms with Crippen molar-refractivity contribution in [2.45, 2.75) is 46.1 Å². The van der Waals surface area contributed by atoms with E-state index >= 15 is 0 Å². The number of hydrogen-bond donors (Lipinski definition) is 2. The standard InChI is InChI=1S/C15H22N2O2/c1-9-5-4-6-13(11(9)3)17-14-12(15(18)19)8-7-10(2)16-14/h7-9,11,13H,4-6H2,1-3H3,(H,16,17)(H,18,19). The van der Waals surface area contributed by atoms with Crippen LogP contribution in [-0.2, 0) is 0 Å². The number of carbonyl (C=O) groups is 1. The molecule has 0 spiro atoms. The largest absolute Gasteiger partial charge is 0.478 e. The molecule has 0 saturated heterocycles. The quantitative estimate of drug-likeness (QED) is 0.877. The fourth-order valence-corrected chi connectivity index (χ4v) is 2.80. The molecule has 1 aromatic heterocycles. The number of rotatable bonds is 3. The topological polar surface area (TPSA) is 62.2 Å². The van der Waals surface area contributed by atoms with Crippen molar-refractivity contribution < 1.29 is 9.90 Å². The molecular weight excluding hydrogens is 240 g/mol. The van der Waals surface area contributed by atoms with Crippen LogP contribution in [0.4, 0.5) is 5.82 Å². The zero-order chi connectivity index (χ0) is 14.0. The molecule has 1 saturated carbocycles. The number of carboxylic acids is 1. The van der Waals surface area contributed by atoms with Gasteiger partial charge in [-0.05, 0) is 37.3 Å². The molecule has 0 bridgehead atoms. The third-order valence-electron chi connectivity index (χ3n) is 4.29. The van der Waals surface area contributed by atoms with Crippen molar-refractivity contribution >= 4 is 11.8 Å². The van der Waals surface area contributed by atoms with Gasteiger partial charge in [-0.1, -0.05) is 26.7 Å². The number of aromatic carboxylic acids is 1. The molecule has 104 valence electrons. The van der Waals surface area contributed by atoms with Gasteiger partial charge in [0.2, 0.25) is 0 Å². The molecule has 1 fully saturated rings. The summed E-state index contributed by atoms with van der Waals surface area (Å²) in [5, 5.41) is 12.6. The van der Waals surface area contributed by atoms with Gasteiger partial charge in [-0.3, -0.25) is 0 Å². The molecule has 0 amide bonds. The van der Waals surface area contributed by atoms with Gasteiger partial charge in [-0.2, -0.15) is 0 Å². The van der Waals surface area contributed by atoms with Gasteiger partial charge in [0, 0.05) is 11.7 Å². The van der Waals surface area contributed by atoms with Crippen molar-refractivity contribution in [1.29, 1.82) is 0 Å². The maximum Gasteiger partial charge on any atom is 0.339 e. The van der Waals surface area contributed by atoms with E-state index in [1.165, 1.54) is 12.8 Å². The van der Waals surface area contributed by atoms with E-state index in [1.54, 1.807) is 12.1 Å². The smallest absolute Gasteiger partial charge is 0.339 e. The van der Waals surface area contributed by atoms with Crippen LogP contribution in [0.1, 0.15) is 49.2 Å². The molecule has 0 aromatic carbocycles. The third kappa shape index (κ3) is 3.06. The molecule has 2 rings (SSSR count). The number of anilines is 1. The van der Waals surface area contributed by atoms with Gasteiger partial charge in [0.1, 0.15) is 11.4 Å². The van der Waals surface area contributed by atoms with Crippen LogP contribution in [0.15, 0.2) is 12.1 Å². The second-order valence-electron chi connectivity index (χ2n) is 5.67. The summed E-state index contributed by atoms with van der Waals surface area (Å²) < 4.78 is 0. The first-order valence-electron chi connectivity index (χ1n) is 6.96. The second kappa shape index (κ2) is 5.59. The highest BCUT2D eigenvalue weighted by atomic mass is 16.4. The van der Waals surface area contributed by atoms with E-state index < -0.39 is 5.97 Å². The van der Waals surface area contributed by atoms with Crippen molar-refractivity contribution in [3.63, 3.8) is 0 Å². The Kier molecular flexibility index (Phi) is 4.08. The molecule has 1 aliphatic carbocycles. The summed E-state index contributed by atoms with van der Waals surface area (Å²) in [4.78, 5) is 15.6. The second-order valence-corrected chi connectivity index (χ2v) is 5.67. The summed E-state index contributed by atoms with van der Waals surface area (Å²) >= 11 is 0. The van der Waals surface area contributed by atoms with Crippen LogP contribution in [0.2, 0.25) is 0 Å². The maximum absolute atomic E-state index is 11.2. The highest BCUT2D eigenvalue weighted by Gasteiger charge is 2.28. The number of hydrogen-bond acceptors (Lipinski definition) is 3. The predicted molar refractivity (Wildman–Crippen MR) is 75.5 cm³/mol. The summed E-state index contributed by atoms with van der Waals surface area (Å²) in [7, 11) is 0. The molecule has 2 N–H and O–H groups in total. The minimum atomic E-state index is -0.925. The number of aromatic nitrogens is 1. The Hall–Kier alpha value is -1.58. The van der Waals surface area contributed by atoms with Crippen LogP contribution in [-0.4, -0.2) is 22.1 Å². The van der Waals surface area contributed by atoms with Crippen molar-refractivity contribution in [2.24, 2.45) is 11.8 Å². The van der Waals surface area contributed by atoms with Gasteiger partial charge in [0.25, 0.3) is 0 Å². The summed E-state index contributed by atoms with van der Waals surface area (Å²) in [5.41, 5.74) is 1.10. The Morgan fingerprint density at radius 3 is 2.79 bits per heavy atom. The lowest BCUT2D eigenvalue weighted by Gasteiger charge is -2.35. The van der Waals surface area contributed by atoms with Crippen molar-refractivity contribution in [3.8, 4) is 0 Å². The Morgan fingerprint density at radius 2 is 2.11 bits per heavy atom. The van der Waals surface area contributed by atoms with E-state index in [-0.39, 0.29) is 5.56 Å². The van der Waals surface area contributed by atoms with E-state index in [1.807, 2.05) is 6.92 Å². The summed E-state index contributed by atoms with van der Waals surface area (Å²) in [5.74, 6) is 0.798. The van der Waals surface area contributed by atoms with Gasteiger partial charge in [-0.15, -0.1) is 0 Å².